The molecule has 2 amide bonds. The number of benzene rings is 4. The molecule has 0 radical (unpaired) electrons. The lowest BCUT2D eigenvalue weighted by atomic mass is 10.1. The summed E-state index contributed by atoms with van der Waals surface area (Å²) in [7, 11) is -4.15. The van der Waals surface area contributed by atoms with Crippen LogP contribution in [0.5, 0.6) is 5.75 Å². The Labute approximate surface area is 202 Å². The summed E-state index contributed by atoms with van der Waals surface area (Å²) in [6, 6.07) is 25.0. The van der Waals surface area contributed by atoms with Gasteiger partial charge >= 0.3 is 10.1 Å². The number of hydrogen-bond donors (Lipinski definition) is 2. The van der Waals surface area contributed by atoms with Gasteiger partial charge in [-0.1, -0.05) is 42.5 Å². The second kappa shape index (κ2) is 10.2. The zero-order valence-corrected chi connectivity index (χ0v) is 19.5. The number of hydrazone groups is 1. The Kier molecular flexibility index (Phi) is 6.88. The first kappa shape index (κ1) is 23.7. The number of rotatable bonds is 7. The van der Waals surface area contributed by atoms with Crippen LogP contribution in [0.4, 0.5) is 5.69 Å². The Morgan fingerprint density at radius 2 is 1.54 bits per heavy atom. The molecule has 4 aromatic carbocycles. The van der Waals surface area contributed by atoms with Gasteiger partial charge in [0.25, 0.3) is 5.91 Å². The van der Waals surface area contributed by atoms with E-state index in [0.29, 0.717) is 16.8 Å². The minimum atomic E-state index is -4.15. The molecule has 0 aromatic heterocycles. The van der Waals surface area contributed by atoms with Crippen LogP contribution in [0.3, 0.4) is 0 Å². The summed E-state index contributed by atoms with van der Waals surface area (Å²) in [4.78, 5) is 23.6. The molecule has 2 N–H and O–H groups in total. The maximum Gasteiger partial charge on any atom is 0.339 e. The van der Waals surface area contributed by atoms with Crippen molar-refractivity contribution in [2.75, 3.05) is 5.32 Å². The van der Waals surface area contributed by atoms with Crippen molar-refractivity contribution >= 4 is 44.6 Å². The number of nitrogens with zero attached hydrogens (tertiary/aromatic N) is 1. The molecule has 0 atom stereocenters. The first-order valence-electron chi connectivity index (χ1n) is 10.6. The summed E-state index contributed by atoms with van der Waals surface area (Å²) in [6.07, 6.45) is 1.31. The lowest BCUT2D eigenvalue weighted by Crippen LogP contribution is -2.17. The Morgan fingerprint density at radius 1 is 0.857 bits per heavy atom. The van der Waals surface area contributed by atoms with Crippen LogP contribution < -0.4 is 14.9 Å². The molecule has 35 heavy (non-hydrogen) atoms. The Hall–Kier alpha value is -4.50. The summed E-state index contributed by atoms with van der Waals surface area (Å²) in [5, 5.41) is 8.48. The lowest BCUT2D eigenvalue weighted by Gasteiger charge is -2.10. The third-order valence-corrected chi connectivity index (χ3v) is 6.21. The number of nitrogens with one attached hydrogen (secondary N) is 2. The monoisotopic (exact) mass is 487 g/mol. The van der Waals surface area contributed by atoms with Crippen LogP contribution in [0, 0.1) is 0 Å². The average Bonchev–Trinajstić information content (AvgIpc) is 2.84. The van der Waals surface area contributed by atoms with Crippen molar-refractivity contribution < 1.29 is 22.2 Å². The minimum Gasteiger partial charge on any atom is -0.378 e. The fourth-order valence-corrected chi connectivity index (χ4v) is 4.25. The van der Waals surface area contributed by atoms with E-state index in [-0.39, 0.29) is 16.6 Å². The molecule has 176 valence electrons. The molecule has 0 spiro atoms. The van der Waals surface area contributed by atoms with Crippen molar-refractivity contribution in [2.24, 2.45) is 5.10 Å². The molecule has 0 aliphatic heterocycles. The van der Waals surface area contributed by atoms with E-state index in [1.165, 1.54) is 43.5 Å². The van der Waals surface area contributed by atoms with E-state index in [1.54, 1.807) is 30.3 Å². The summed E-state index contributed by atoms with van der Waals surface area (Å²) in [5.74, 6) is -0.628. The van der Waals surface area contributed by atoms with Crippen LogP contribution in [-0.2, 0) is 14.9 Å². The van der Waals surface area contributed by atoms with Gasteiger partial charge in [-0.3, -0.25) is 9.59 Å². The molecule has 4 aromatic rings. The SMILES string of the molecule is CC(=O)Nc1ccc(S(=O)(=O)Oc2ccccc2/C=N\NC(=O)c2ccc3ccccc3c2)cc1. The van der Waals surface area contributed by atoms with Gasteiger partial charge in [0.05, 0.1) is 6.21 Å². The third kappa shape index (κ3) is 5.90. The number of fused-ring (bicyclic) bond motifs is 1. The molecule has 0 aliphatic rings. The summed E-state index contributed by atoms with van der Waals surface area (Å²) < 4.78 is 30.8. The van der Waals surface area contributed by atoms with E-state index in [1.807, 2.05) is 30.3 Å². The van der Waals surface area contributed by atoms with Gasteiger partial charge in [-0.05, 0) is 59.3 Å². The van der Waals surface area contributed by atoms with E-state index in [9.17, 15) is 18.0 Å². The van der Waals surface area contributed by atoms with Crippen LogP contribution >= 0.6 is 0 Å². The van der Waals surface area contributed by atoms with E-state index < -0.39 is 16.0 Å². The number of amides is 2. The standard InChI is InChI=1S/C26H21N3O5S/c1-18(30)28-23-12-14-24(15-13-23)35(32,33)34-25-9-5-4-8-22(25)17-27-29-26(31)21-11-10-19-6-2-3-7-20(19)16-21/h2-17H,1H3,(H,28,30)(H,29,31)/b27-17-. The topological polar surface area (TPSA) is 114 Å². The fraction of sp³-hybridized carbons (Fsp3) is 0.0385. The maximum atomic E-state index is 12.7. The zero-order chi connectivity index (χ0) is 24.8. The Balaban J connectivity index is 1.47. The average molecular weight is 488 g/mol. The summed E-state index contributed by atoms with van der Waals surface area (Å²) >= 11 is 0. The fourth-order valence-electron chi connectivity index (χ4n) is 3.29. The predicted octanol–water partition coefficient (Wildman–Crippen LogP) is 4.33. The van der Waals surface area contributed by atoms with Gasteiger partial charge in [-0.2, -0.15) is 13.5 Å². The van der Waals surface area contributed by atoms with Crippen LogP contribution in [0.2, 0.25) is 0 Å². The van der Waals surface area contributed by atoms with Gasteiger partial charge in [0.15, 0.2) is 5.75 Å². The van der Waals surface area contributed by atoms with Crippen LogP contribution in [0.15, 0.2) is 101 Å². The highest BCUT2D eigenvalue weighted by Gasteiger charge is 2.18. The zero-order valence-electron chi connectivity index (χ0n) is 18.6. The summed E-state index contributed by atoms with van der Waals surface area (Å²) in [5.41, 5.74) is 3.70. The molecule has 9 heteroatoms. The highest BCUT2D eigenvalue weighted by atomic mass is 32.2. The van der Waals surface area contributed by atoms with Crippen LogP contribution in [0.25, 0.3) is 10.8 Å². The van der Waals surface area contributed by atoms with Crippen molar-refractivity contribution in [3.63, 3.8) is 0 Å². The smallest absolute Gasteiger partial charge is 0.339 e. The molecule has 0 aliphatic carbocycles. The lowest BCUT2D eigenvalue weighted by molar-refractivity contribution is -0.114. The molecule has 0 bridgehead atoms. The number of para-hydroxylation sites is 1. The molecular weight excluding hydrogens is 466 g/mol. The predicted molar refractivity (Wildman–Crippen MR) is 134 cm³/mol. The third-order valence-electron chi connectivity index (χ3n) is 4.96. The highest BCUT2D eigenvalue weighted by molar-refractivity contribution is 7.87. The van der Waals surface area contributed by atoms with Gasteiger partial charge in [-0.15, -0.1) is 0 Å². The minimum absolute atomic E-state index is 0.0436. The van der Waals surface area contributed by atoms with Gasteiger partial charge in [0.1, 0.15) is 4.90 Å². The molecule has 0 saturated carbocycles. The van der Waals surface area contributed by atoms with Crippen molar-refractivity contribution in [2.45, 2.75) is 11.8 Å². The van der Waals surface area contributed by atoms with Gasteiger partial charge in [0.2, 0.25) is 5.91 Å². The van der Waals surface area contributed by atoms with Crippen molar-refractivity contribution in [3.05, 3.63) is 102 Å². The van der Waals surface area contributed by atoms with Gasteiger partial charge in [0, 0.05) is 23.7 Å². The van der Waals surface area contributed by atoms with Crippen molar-refractivity contribution in [1.82, 2.24) is 5.43 Å². The Bertz CT molecular complexity index is 1530. The van der Waals surface area contributed by atoms with Crippen LogP contribution in [0.1, 0.15) is 22.8 Å². The molecule has 8 nitrogen and oxygen atoms in total. The molecule has 0 unspecified atom stereocenters. The maximum absolute atomic E-state index is 12.7. The normalized spacial score (nSPS) is 11.3. The Morgan fingerprint density at radius 3 is 2.29 bits per heavy atom. The van der Waals surface area contributed by atoms with E-state index in [2.05, 4.69) is 15.8 Å². The number of carbonyl (C=O) groups is 2. The van der Waals surface area contributed by atoms with Gasteiger partial charge < -0.3 is 9.50 Å². The second-order valence-corrected chi connectivity index (χ2v) is 9.09. The second-order valence-electron chi connectivity index (χ2n) is 7.54. The van der Waals surface area contributed by atoms with E-state index in [0.717, 1.165) is 10.8 Å². The first-order valence-corrected chi connectivity index (χ1v) is 12.0. The molecule has 0 heterocycles. The quantitative estimate of drug-likeness (QED) is 0.229. The molecule has 0 saturated heterocycles. The first-order chi connectivity index (χ1) is 16.8. The number of carbonyl (C=O) groups excluding carboxylic acids is 2. The van der Waals surface area contributed by atoms with Crippen molar-refractivity contribution in [3.8, 4) is 5.75 Å². The van der Waals surface area contributed by atoms with E-state index >= 15 is 0 Å². The molecule has 0 fully saturated rings. The summed E-state index contributed by atoms with van der Waals surface area (Å²) in [6.45, 7) is 1.36. The number of hydrogen-bond acceptors (Lipinski definition) is 6. The number of anilines is 1. The molecular formula is C26H21N3O5S. The van der Waals surface area contributed by atoms with E-state index in [4.69, 9.17) is 4.18 Å². The van der Waals surface area contributed by atoms with Gasteiger partial charge in [-0.25, -0.2) is 5.43 Å². The van der Waals surface area contributed by atoms with Crippen LogP contribution in [-0.4, -0.2) is 26.4 Å². The molecule has 4 rings (SSSR count). The largest absolute Gasteiger partial charge is 0.378 e. The highest BCUT2D eigenvalue weighted by Crippen LogP contribution is 2.23. The van der Waals surface area contributed by atoms with Crippen molar-refractivity contribution in [1.29, 1.82) is 0 Å².